The van der Waals surface area contributed by atoms with Crippen molar-refractivity contribution >= 4 is 24.0 Å². The summed E-state index contributed by atoms with van der Waals surface area (Å²) < 4.78 is 5.83. The maximum absolute atomic E-state index is 5.83. The summed E-state index contributed by atoms with van der Waals surface area (Å²) in [5.41, 5.74) is 1.19. The van der Waals surface area contributed by atoms with Gasteiger partial charge in [0.1, 0.15) is 0 Å². The normalized spacial score (nSPS) is 16.8. The maximum atomic E-state index is 5.83. The molecule has 2 rings (SSSR count). The van der Waals surface area contributed by atoms with Gasteiger partial charge in [-0.05, 0) is 43.6 Å². The minimum absolute atomic E-state index is 0. The van der Waals surface area contributed by atoms with Crippen LogP contribution in [0.5, 0.6) is 0 Å². The highest BCUT2D eigenvalue weighted by Crippen LogP contribution is 2.13. The topological polar surface area (TPSA) is 21.3 Å². The summed E-state index contributed by atoms with van der Waals surface area (Å²) in [6.45, 7) is 2.85. The molecule has 1 N–H and O–H groups in total. The van der Waals surface area contributed by atoms with Crippen molar-refractivity contribution in [3.63, 3.8) is 0 Å². The van der Waals surface area contributed by atoms with E-state index in [1.165, 1.54) is 5.56 Å². The van der Waals surface area contributed by atoms with Crippen molar-refractivity contribution < 1.29 is 4.74 Å². The Kier molecular flexibility index (Phi) is 6.14. The lowest BCUT2D eigenvalue weighted by Crippen LogP contribution is -2.32. The van der Waals surface area contributed by atoms with E-state index >= 15 is 0 Å². The van der Waals surface area contributed by atoms with E-state index in [4.69, 9.17) is 16.3 Å². The van der Waals surface area contributed by atoms with Gasteiger partial charge in [0, 0.05) is 5.02 Å². The van der Waals surface area contributed by atoms with Crippen molar-refractivity contribution in [1.29, 1.82) is 0 Å². The second kappa shape index (κ2) is 7.13. The summed E-state index contributed by atoms with van der Waals surface area (Å²) in [4.78, 5) is 0. The van der Waals surface area contributed by atoms with Gasteiger partial charge in [-0.2, -0.15) is 0 Å². The zero-order chi connectivity index (χ0) is 10.5. The predicted octanol–water partition coefficient (Wildman–Crippen LogP) is 3.03. The average molecular weight is 262 g/mol. The van der Waals surface area contributed by atoms with Gasteiger partial charge in [-0.25, -0.2) is 0 Å². The predicted molar refractivity (Wildman–Crippen MR) is 69.4 cm³/mol. The van der Waals surface area contributed by atoms with Crippen molar-refractivity contribution in [1.82, 2.24) is 5.32 Å². The average Bonchev–Trinajstić information content (AvgIpc) is 2.30. The van der Waals surface area contributed by atoms with Crippen LogP contribution >= 0.6 is 24.0 Å². The number of nitrogens with one attached hydrogen (secondary N) is 1. The van der Waals surface area contributed by atoms with Crippen molar-refractivity contribution in [3.05, 3.63) is 34.9 Å². The molecule has 0 saturated carbocycles. The molecule has 1 aliphatic heterocycles. The molecule has 0 amide bonds. The zero-order valence-electron chi connectivity index (χ0n) is 9.12. The highest BCUT2D eigenvalue weighted by Gasteiger charge is 2.12. The van der Waals surface area contributed by atoms with E-state index in [1.807, 2.05) is 24.3 Å². The molecule has 1 aromatic carbocycles. The summed E-state index contributed by atoms with van der Waals surface area (Å²) in [6, 6.07) is 7.85. The van der Waals surface area contributed by atoms with Crippen LogP contribution in [0.3, 0.4) is 0 Å². The number of halogens is 2. The fourth-order valence-electron chi connectivity index (χ4n) is 1.76. The lowest BCUT2D eigenvalue weighted by Gasteiger charge is -2.22. The van der Waals surface area contributed by atoms with Crippen LogP contribution in [0.15, 0.2) is 24.3 Å². The van der Waals surface area contributed by atoms with Gasteiger partial charge in [0.2, 0.25) is 0 Å². The van der Waals surface area contributed by atoms with Crippen molar-refractivity contribution in [2.75, 3.05) is 13.1 Å². The third-order valence-electron chi connectivity index (χ3n) is 2.69. The molecule has 90 valence electrons. The molecular formula is C12H17Cl2NO. The standard InChI is InChI=1S/C12H16ClNO.ClH/c13-11-3-1-10(2-4-11)9-15-12-5-7-14-8-6-12;/h1-4,12,14H,5-9H2;1H. The first-order valence-electron chi connectivity index (χ1n) is 5.41. The molecule has 1 aliphatic rings. The van der Waals surface area contributed by atoms with Crippen LogP contribution in [-0.2, 0) is 11.3 Å². The smallest absolute Gasteiger partial charge is 0.0720 e. The molecule has 0 radical (unpaired) electrons. The number of piperidine rings is 1. The maximum Gasteiger partial charge on any atom is 0.0720 e. The molecule has 1 aromatic rings. The first-order chi connectivity index (χ1) is 7.34. The van der Waals surface area contributed by atoms with E-state index < -0.39 is 0 Å². The molecule has 0 unspecified atom stereocenters. The molecular weight excluding hydrogens is 245 g/mol. The van der Waals surface area contributed by atoms with Crippen LogP contribution in [0, 0.1) is 0 Å². The molecule has 4 heteroatoms. The zero-order valence-corrected chi connectivity index (χ0v) is 10.7. The Morgan fingerprint density at radius 3 is 2.44 bits per heavy atom. The summed E-state index contributed by atoms with van der Waals surface area (Å²) in [5, 5.41) is 4.10. The largest absolute Gasteiger partial charge is 0.373 e. The van der Waals surface area contributed by atoms with Crippen molar-refractivity contribution in [3.8, 4) is 0 Å². The Labute approximate surface area is 108 Å². The van der Waals surface area contributed by atoms with Gasteiger partial charge in [-0.15, -0.1) is 12.4 Å². The molecule has 0 spiro atoms. The van der Waals surface area contributed by atoms with Gasteiger partial charge in [0.15, 0.2) is 0 Å². The van der Waals surface area contributed by atoms with Crippen LogP contribution in [0.25, 0.3) is 0 Å². The monoisotopic (exact) mass is 261 g/mol. The van der Waals surface area contributed by atoms with Crippen molar-refractivity contribution in [2.45, 2.75) is 25.6 Å². The molecule has 0 aliphatic carbocycles. The number of rotatable bonds is 3. The van der Waals surface area contributed by atoms with E-state index in [1.54, 1.807) is 0 Å². The second-order valence-corrected chi connectivity index (χ2v) is 4.32. The molecule has 1 fully saturated rings. The Morgan fingerprint density at radius 2 is 1.81 bits per heavy atom. The first kappa shape index (κ1) is 13.8. The third kappa shape index (κ3) is 4.30. The third-order valence-corrected chi connectivity index (χ3v) is 2.94. The molecule has 1 saturated heterocycles. The molecule has 0 bridgehead atoms. The number of hydrogen-bond donors (Lipinski definition) is 1. The number of hydrogen-bond acceptors (Lipinski definition) is 2. The summed E-state index contributed by atoms with van der Waals surface area (Å²) in [6.07, 6.45) is 2.66. The van der Waals surface area contributed by atoms with Crippen LogP contribution in [0.1, 0.15) is 18.4 Å². The van der Waals surface area contributed by atoms with Crippen LogP contribution in [-0.4, -0.2) is 19.2 Å². The summed E-state index contributed by atoms with van der Waals surface area (Å²) in [5.74, 6) is 0. The quantitative estimate of drug-likeness (QED) is 0.904. The van der Waals surface area contributed by atoms with Crippen LogP contribution < -0.4 is 5.32 Å². The fourth-order valence-corrected chi connectivity index (χ4v) is 1.88. The van der Waals surface area contributed by atoms with Gasteiger partial charge in [0.05, 0.1) is 12.7 Å². The van der Waals surface area contributed by atoms with Crippen LogP contribution in [0.4, 0.5) is 0 Å². The lowest BCUT2D eigenvalue weighted by molar-refractivity contribution is 0.0212. The highest BCUT2D eigenvalue weighted by atomic mass is 35.5. The van der Waals surface area contributed by atoms with Gasteiger partial charge >= 0.3 is 0 Å². The number of ether oxygens (including phenoxy) is 1. The molecule has 16 heavy (non-hydrogen) atoms. The molecule has 2 nitrogen and oxygen atoms in total. The fraction of sp³-hybridized carbons (Fsp3) is 0.500. The summed E-state index contributed by atoms with van der Waals surface area (Å²) >= 11 is 5.81. The second-order valence-electron chi connectivity index (χ2n) is 3.89. The van der Waals surface area contributed by atoms with Gasteiger partial charge in [-0.1, -0.05) is 23.7 Å². The van der Waals surface area contributed by atoms with Gasteiger partial charge in [-0.3, -0.25) is 0 Å². The number of benzene rings is 1. The van der Waals surface area contributed by atoms with Gasteiger partial charge in [0.25, 0.3) is 0 Å². The molecule has 0 atom stereocenters. The summed E-state index contributed by atoms with van der Waals surface area (Å²) in [7, 11) is 0. The minimum atomic E-state index is 0. The van der Waals surface area contributed by atoms with E-state index in [-0.39, 0.29) is 12.4 Å². The SMILES string of the molecule is Cl.Clc1ccc(COC2CCNCC2)cc1. The van der Waals surface area contributed by atoms with E-state index in [0.717, 1.165) is 31.0 Å². The lowest BCUT2D eigenvalue weighted by atomic mass is 10.1. The Balaban J connectivity index is 0.00000128. The van der Waals surface area contributed by atoms with E-state index in [2.05, 4.69) is 5.32 Å². The minimum Gasteiger partial charge on any atom is -0.373 e. The van der Waals surface area contributed by atoms with E-state index in [0.29, 0.717) is 12.7 Å². The Morgan fingerprint density at radius 1 is 1.19 bits per heavy atom. The highest BCUT2D eigenvalue weighted by molar-refractivity contribution is 6.30. The molecule has 0 aromatic heterocycles. The van der Waals surface area contributed by atoms with Crippen molar-refractivity contribution in [2.24, 2.45) is 0 Å². The Bertz CT molecular complexity index is 296. The van der Waals surface area contributed by atoms with Crippen LogP contribution in [0.2, 0.25) is 5.02 Å². The van der Waals surface area contributed by atoms with Gasteiger partial charge < -0.3 is 10.1 Å². The first-order valence-corrected chi connectivity index (χ1v) is 5.79. The molecule has 1 heterocycles. The Hall–Kier alpha value is -0.280. The van der Waals surface area contributed by atoms with E-state index in [9.17, 15) is 0 Å².